The molecule has 12 heteroatoms. The topological polar surface area (TPSA) is 183 Å². The van der Waals surface area contributed by atoms with Crippen molar-refractivity contribution in [2.24, 2.45) is 11.3 Å². The van der Waals surface area contributed by atoms with Crippen LogP contribution in [0.1, 0.15) is 0 Å². The van der Waals surface area contributed by atoms with Crippen LogP contribution in [-0.4, -0.2) is 85.4 Å². The highest BCUT2D eigenvalue weighted by Gasteiger charge is 2.82. The third-order valence-electron chi connectivity index (χ3n) is 5.26. The number of amidine groups is 1. The molecule has 0 bridgehead atoms. The van der Waals surface area contributed by atoms with Crippen LogP contribution < -0.4 is 16.0 Å². The second-order valence-electron chi connectivity index (χ2n) is 6.85. The molecule has 4 atom stereocenters. The predicted molar refractivity (Wildman–Crippen MR) is 83.6 cm³/mol. The molecule has 0 aromatic rings. The second kappa shape index (κ2) is 5.97. The predicted octanol–water partition coefficient (Wildman–Crippen LogP) is -3.42. The van der Waals surface area contributed by atoms with Crippen LogP contribution in [0.5, 0.6) is 0 Å². The molecule has 0 aliphatic carbocycles. The van der Waals surface area contributed by atoms with Gasteiger partial charge in [0.15, 0.2) is 5.41 Å². The van der Waals surface area contributed by atoms with Gasteiger partial charge >= 0.3 is 5.97 Å². The van der Waals surface area contributed by atoms with Gasteiger partial charge in [-0.2, -0.15) is 0 Å². The molecular weight excluding hydrogens is 364 g/mol. The van der Waals surface area contributed by atoms with Gasteiger partial charge in [-0.25, -0.2) is 0 Å². The van der Waals surface area contributed by atoms with Crippen LogP contribution in [0.2, 0.25) is 0 Å². The number of carbonyl (C=O) groups is 4. The number of epoxide rings is 2. The third-order valence-corrected chi connectivity index (χ3v) is 5.26. The maximum absolute atomic E-state index is 13.0. The van der Waals surface area contributed by atoms with Gasteiger partial charge in [0.25, 0.3) is 5.91 Å². The van der Waals surface area contributed by atoms with Gasteiger partial charge in [0.05, 0.1) is 32.0 Å². The molecule has 0 saturated carbocycles. The fourth-order valence-electron chi connectivity index (χ4n) is 3.60. The Kier molecular flexibility index (Phi) is 3.94. The molecule has 1 spiro atoms. The van der Waals surface area contributed by atoms with Gasteiger partial charge in [-0.15, -0.1) is 0 Å². The summed E-state index contributed by atoms with van der Waals surface area (Å²) < 4.78 is 15.6. The van der Waals surface area contributed by atoms with E-state index in [1.54, 1.807) is 0 Å². The molecule has 4 heterocycles. The maximum atomic E-state index is 13.0. The van der Waals surface area contributed by atoms with E-state index in [1.165, 1.54) is 0 Å². The average molecular weight is 382 g/mol. The molecule has 4 unspecified atom stereocenters. The van der Waals surface area contributed by atoms with Crippen LogP contribution in [0.3, 0.4) is 0 Å². The standard InChI is InChI=1S/C15H18N4O8/c16-10(17-1-6-3-25-6)15(13(24)18-2-7-4-26-7)14(11(22)19-12(14)23)8(5-27-15)9(20)21/h6-8H,1-5H2,(H2,16,17)(H,18,24)(H,20,21)(H,19,22,23). The van der Waals surface area contributed by atoms with E-state index in [4.69, 9.17) is 19.6 Å². The minimum absolute atomic E-state index is 0.0899. The second-order valence-corrected chi connectivity index (χ2v) is 6.85. The summed E-state index contributed by atoms with van der Waals surface area (Å²) in [6, 6.07) is 0. The number of carbonyl (C=O) groups excluding carboxylic acids is 3. The van der Waals surface area contributed by atoms with Crippen LogP contribution in [-0.2, 0) is 33.4 Å². The monoisotopic (exact) mass is 382 g/mol. The fourth-order valence-corrected chi connectivity index (χ4v) is 3.60. The zero-order valence-corrected chi connectivity index (χ0v) is 14.1. The molecule has 27 heavy (non-hydrogen) atoms. The summed E-state index contributed by atoms with van der Waals surface area (Å²) >= 11 is 0. The van der Waals surface area contributed by atoms with Crippen molar-refractivity contribution in [1.82, 2.24) is 16.0 Å². The molecule has 0 radical (unpaired) electrons. The minimum Gasteiger partial charge on any atom is -0.481 e. The van der Waals surface area contributed by atoms with E-state index in [0.717, 1.165) is 0 Å². The highest BCUT2D eigenvalue weighted by atomic mass is 16.6. The lowest BCUT2D eigenvalue weighted by molar-refractivity contribution is -0.177. The minimum atomic E-state index is -2.40. The molecular formula is C15H18N4O8. The number of hydrogen-bond acceptors (Lipinski definition) is 8. The Morgan fingerprint density at radius 3 is 2.15 bits per heavy atom. The van der Waals surface area contributed by atoms with Crippen LogP contribution in [0.15, 0.2) is 0 Å². The number of aliphatic carboxylic acids is 1. The summed E-state index contributed by atoms with van der Waals surface area (Å²) in [5.41, 5.74) is -4.75. The Labute approximate surface area is 152 Å². The van der Waals surface area contributed by atoms with Gasteiger partial charge in [-0.05, 0) is 0 Å². The first-order chi connectivity index (χ1) is 12.8. The molecule has 4 saturated heterocycles. The van der Waals surface area contributed by atoms with Crippen molar-refractivity contribution in [3.05, 3.63) is 0 Å². The van der Waals surface area contributed by atoms with Crippen LogP contribution in [0.25, 0.3) is 0 Å². The average Bonchev–Trinajstić information content (AvgIpc) is 3.55. The number of rotatable bonds is 7. The summed E-state index contributed by atoms with van der Waals surface area (Å²) in [6.07, 6.45) is -0.365. The van der Waals surface area contributed by atoms with Gasteiger partial charge in [0, 0.05) is 13.1 Å². The number of carboxylic acids is 1. The van der Waals surface area contributed by atoms with Gasteiger partial charge < -0.3 is 30.0 Å². The van der Waals surface area contributed by atoms with Crippen molar-refractivity contribution in [3.8, 4) is 0 Å². The van der Waals surface area contributed by atoms with Gasteiger partial charge in [-0.3, -0.25) is 29.9 Å². The van der Waals surface area contributed by atoms with Gasteiger partial charge in [0.1, 0.15) is 11.8 Å². The van der Waals surface area contributed by atoms with Crippen LogP contribution in [0, 0.1) is 16.7 Å². The van der Waals surface area contributed by atoms with Crippen molar-refractivity contribution in [2.75, 3.05) is 32.9 Å². The summed E-state index contributed by atoms with van der Waals surface area (Å²) in [4.78, 5) is 49.7. The number of hydrogen-bond donors (Lipinski definition) is 5. The molecule has 146 valence electrons. The number of nitrogens with one attached hydrogen (secondary N) is 4. The number of carboxylic acid groups (broad SMARTS) is 1. The summed E-state index contributed by atoms with van der Waals surface area (Å²) in [7, 11) is 0. The molecule has 0 aromatic heterocycles. The molecule has 5 N–H and O–H groups in total. The largest absolute Gasteiger partial charge is 0.481 e. The van der Waals surface area contributed by atoms with E-state index in [-0.39, 0.29) is 25.3 Å². The lowest BCUT2D eigenvalue weighted by atomic mass is 9.59. The Bertz CT molecular complexity index is 702. The van der Waals surface area contributed by atoms with Crippen molar-refractivity contribution in [3.63, 3.8) is 0 Å². The van der Waals surface area contributed by atoms with Crippen molar-refractivity contribution in [1.29, 1.82) is 5.41 Å². The van der Waals surface area contributed by atoms with Crippen LogP contribution >= 0.6 is 0 Å². The summed E-state index contributed by atoms with van der Waals surface area (Å²) in [5.74, 6) is -6.45. The zero-order chi connectivity index (χ0) is 19.4. The smallest absolute Gasteiger partial charge is 0.310 e. The lowest BCUT2D eigenvalue weighted by Crippen LogP contribution is -2.81. The Morgan fingerprint density at radius 2 is 1.67 bits per heavy atom. The highest BCUT2D eigenvalue weighted by molar-refractivity contribution is 6.32. The first kappa shape index (κ1) is 17.8. The molecule has 3 amide bonds. The molecule has 12 nitrogen and oxygen atoms in total. The van der Waals surface area contributed by atoms with Gasteiger partial charge in [0.2, 0.25) is 17.4 Å². The SMILES string of the molecule is N=C(NCC1CO1)C1(C(=O)NCC2CO2)OCC(C(=O)O)C12C(=O)NC2=O. The van der Waals surface area contributed by atoms with E-state index in [9.17, 15) is 24.3 Å². The van der Waals surface area contributed by atoms with Crippen molar-refractivity contribution >= 4 is 29.5 Å². The summed E-state index contributed by atoms with van der Waals surface area (Å²) in [6.45, 7) is 0.609. The normalized spacial score (nSPS) is 35.2. The maximum Gasteiger partial charge on any atom is 0.310 e. The molecule has 4 rings (SSSR count). The first-order valence-corrected chi connectivity index (χ1v) is 8.41. The highest BCUT2D eigenvalue weighted by Crippen LogP contribution is 2.52. The van der Waals surface area contributed by atoms with Gasteiger partial charge in [-0.1, -0.05) is 0 Å². The molecule has 4 aliphatic heterocycles. The number of ether oxygens (including phenoxy) is 3. The molecule has 0 aromatic carbocycles. The first-order valence-electron chi connectivity index (χ1n) is 8.41. The lowest BCUT2D eigenvalue weighted by Gasteiger charge is -2.46. The van der Waals surface area contributed by atoms with E-state index in [2.05, 4.69) is 10.6 Å². The molecule has 4 aliphatic rings. The number of β-lactam (4-membered cyclic amide) rings is 2. The van der Waals surface area contributed by atoms with Crippen LogP contribution in [0.4, 0.5) is 0 Å². The zero-order valence-electron chi connectivity index (χ0n) is 14.1. The van der Waals surface area contributed by atoms with E-state index in [0.29, 0.717) is 13.2 Å². The van der Waals surface area contributed by atoms with Crippen molar-refractivity contribution < 1.29 is 38.5 Å². The number of imide groups is 1. The summed E-state index contributed by atoms with van der Waals surface area (Å²) in [5, 5.41) is 25.0. The quantitative estimate of drug-likeness (QED) is 0.0984. The Morgan fingerprint density at radius 1 is 1.11 bits per heavy atom. The Balaban J connectivity index is 1.71. The third kappa shape index (κ3) is 2.44. The van der Waals surface area contributed by atoms with E-state index < -0.39 is 53.1 Å². The number of amides is 3. The van der Waals surface area contributed by atoms with E-state index >= 15 is 0 Å². The van der Waals surface area contributed by atoms with Crippen molar-refractivity contribution in [2.45, 2.75) is 17.8 Å². The fraction of sp³-hybridized carbons (Fsp3) is 0.667. The van der Waals surface area contributed by atoms with E-state index in [1.807, 2.05) is 5.32 Å². The Hall–Kier alpha value is -2.57. The molecule has 4 fully saturated rings.